The molecule has 1 aliphatic heterocycles. The van der Waals surface area contributed by atoms with E-state index in [-0.39, 0.29) is 11.6 Å². The number of anilines is 2. The lowest BCUT2D eigenvalue weighted by Crippen LogP contribution is -2.37. The van der Waals surface area contributed by atoms with Crippen molar-refractivity contribution in [1.82, 2.24) is 15.2 Å². The van der Waals surface area contributed by atoms with Gasteiger partial charge in [-0.3, -0.25) is 10.1 Å². The molecule has 0 unspecified atom stereocenters. The van der Waals surface area contributed by atoms with E-state index in [1.165, 1.54) is 16.9 Å². The van der Waals surface area contributed by atoms with Crippen LogP contribution in [0.25, 0.3) is 10.2 Å². The summed E-state index contributed by atoms with van der Waals surface area (Å²) in [4.78, 5) is 18.9. The second-order valence-corrected chi connectivity index (χ2v) is 6.85. The summed E-state index contributed by atoms with van der Waals surface area (Å²) < 4.78 is 6.37. The molecule has 2 aromatic heterocycles. The van der Waals surface area contributed by atoms with Gasteiger partial charge in [-0.25, -0.2) is 4.98 Å². The van der Waals surface area contributed by atoms with Gasteiger partial charge in [-0.1, -0.05) is 17.4 Å². The molecule has 0 atom stereocenters. The van der Waals surface area contributed by atoms with Crippen LogP contribution in [0.15, 0.2) is 30.3 Å². The van der Waals surface area contributed by atoms with Crippen molar-refractivity contribution in [2.24, 2.45) is 0 Å². The Morgan fingerprint density at radius 2 is 2.04 bits per heavy atom. The number of ether oxygens (including phenoxy) is 1. The lowest BCUT2D eigenvalue weighted by molar-refractivity contribution is 0.102. The minimum atomic E-state index is -0.309. The molecule has 7 nitrogen and oxygen atoms in total. The normalized spacial score (nSPS) is 14.7. The van der Waals surface area contributed by atoms with Crippen LogP contribution in [-0.2, 0) is 4.74 Å². The summed E-state index contributed by atoms with van der Waals surface area (Å²) in [5.74, 6) is 0.451. The van der Waals surface area contributed by atoms with Crippen molar-refractivity contribution in [2.45, 2.75) is 6.92 Å². The number of hydrogen-bond acceptors (Lipinski definition) is 7. The Kier molecular flexibility index (Phi) is 4.29. The number of nitrogens with one attached hydrogen (secondary N) is 1. The first kappa shape index (κ1) is 15.9. The van der Waals surface area contributed by atoms with E-state index in [9.17, 15) is 4.79 Å². The first-order valence-electron chi connectivity index (χ1n) is 8.04. The minimum Gasteiger partial charge on any atom is -0.378 e. The van der Waals surface area contributed by atoms with Crippen LogP contribution in [0, 0.1) is 6.92 Å². The molecule has 1 N–H and O–H groups in total. The fraction of sp³-hybridized carbons (Fsp3) is 0.294. The predicted molar refractivity (Wildman–Crippen MR) is 97.4 cm³/mol. The van der Waals surface area contributed by atoms with E-state index in [1.54, 1.807) is 6.07 Å². The molecule has 1 fully saturated rings. The number of thiazole rings is 1. The Balaban J connectivity index is 1.48. The van der Waals surface area contributed by atoms with E-state index in [4.69, 9.17) is 4.74 Å². The topological polar surface area (TPSA) is 80.2 Å². The third-order valence-corrected chi connectivity index (χ3v) is 4.92. The van der Waals surface area contributed by atoms with E-state index in [0.29, 0.717) is 18.3 Å². The number of carbonyl (C=O) groups is 1. The maximum Gasteiger partial charge on any atom is 0.277 e. The number of morpholine rings is 1. The van der Waals surface area contributed by atoms with E-state index in [0.717, 1.165) is 29.1 Å². The molecule has 3 heterocycles. The van der Waals surface area contributed by atoms with Crippen molar-refractivity contribution in [3.05, 3.63) is 41.6 Å². The summed E-state index contributed by atoms with van der Waals surface area (Å²) in [6.45, 7) is 4.96. The van der Waals surface area contributed by atoms with Crippen molar-refractivity contribution >= 4 is 38.4 Å². The average Bonchev–Trinajstić information content (AvgIpc) is 3.04. The second-order valence-electron chi connectivity index (χ2n) is 5.82. The van der Waals surface area contributed by atoms with Gasteiger partial charge >= 0.3 is 0 Å². The number of nitrogens with zero attached hydrogens (tertiary/aromatic N) is 4. The van der Waals surface area contributed by atoms with Crippen LogP contribution in [0.2, 0.25) is 0 Å². The van der Waals surface area contributed by atoms with Gasteiger partial charge in [0.1, 0.15) is 0 Å². The molecule has 4 rings (SSSR count). The van der Waals surface area contributed by atoms with Crippen molar-refractivity contribution in [3.63, 3.8) is 0 Å². The van der Waals surface area contributed by atoms with Crippen LogP contribution in [0.3, 0.4) is 0 Å². The van der Waals surface area contributed by atoms with E-state index in [1.807, 2.05) is 25.1 Å². The highest BCUT2D eigenvalue weighted by atomic mass is 32.1. The molecule has 8 heteroatoms. The molecule has 0 radical (unpaired) electrons. The summed E-state index contributed by atoms with van der Waals surface area (Å²) in [5, 5.41) is 11.6. The van der Waals surface area contributed by atoms with Crippen molar-refractivity contribution < 1.29 is 9.53 Å². The molecule has 0 spiro atoms. The lowest BCUT2D eigenvalue weighted by atomic mass is 10.2. The summed E-state index contributed by atoms with van der Waals surface area (Å²) in [5.41, 5.74) is 2.31. The predicted octanol–water partition coefficient (Wildman–Crippen LogP) is 2.48. The highest BCUT2D eigenvalue weighted by Crippen LogP contribution is 2.26. The van der Waals surface area contributed by atoms with Gasteiger partial charge < -0.3 is 9.64 Å². The van der Waals surface area contributed by atoms with Crippen LogP contribution in [0.5, 0.6) is 0 Å². The van der Waals surface area contributed by atoms with Gasteiger partial charge in [0.05, 0.1) is 23.4 Å². The Morgan fingerprint density at radius 1 is 1.20 bits per heavy atom. The second kappa shape index (κ2) is 6.73. The third kappa shape index (κ3) is 3.45. The van der Waals surface area contributed by atoms with Gasteiger partial charge in [-0.05, 0) is 36.8 Å². The highest BCUT2D eigenvalue weighted by molar-refractivity contribution is 7.22. The number of aromatic nitrogens is 3. The maximum absolute atomic E-state index is 12.4. The van der Waals surface area contributed by atoms with Crippen molar-refractivity contribution in [3.8, 4) is 0 Å². The standard InChI is InChI=1S/C17H17N5O2S/c1-11-2-3-12-14(10-11)25-17(18-12)19-16(23)13-4-5-15(21-20-13)22-6-8-24-9-7-22/h2-5,10H,6-9H2,1H3,(H,18,19,23). The van der Waals surface area contributed by atoms with Crippen molar-refractivity contribution in [2.75, 3.05) is 36.5 Å². The van der Waals surface area contributed by atoms with Crippen LogP contribution in [0.4, 0.5) is 10.9 Å². The molecule has 1 saturated heterocycles. The molecule has 0 saturated carbocycles. The molecule has 25 heavy (non-hydrogen) atoms. The van der Waals surface area contributed by atoms with Gasteiger partial charge in [0.15, 0.2) is 16.6 Å². The van der Waals surface area contributed by atoms with Gasteiger partial charge in [0.2, 0.25) is 0 Å². The van der Waals surface area contributed by atoms with E-state index >= 15 is 0 Å². The fourth-order valence-corrected chi connectivity index (χ4v) is 3.61. The molecular formula is C17H17N5O2S. The number of fused-ring (bicyclic) bond motifs is 1. The monoisotopic (exact) mass is 355 g/mol. The van der Waals surface area contributed by atoms with Crippen LogP contribution >= 0.6 is 11.3 Å². The molecular weight excluding hydrogens is 338 g/mol. The van der Waals surface area contributed by atoms with Gasteiger partial charge in [-0.15, -0.1) is 10.2 Å². The van der Waals surface area contributed by atoms with Gasteiger partial charge in [0, 0.05) is 13.1 Å². The zero-order valence-electron chi connectivity index (χ0n) is 13.7. The zero-order valence-corrected chi connectivity index (χ0v) is 14.5. The maximum atomic E-state index is 12.4. The minimum absolute atomic E-state index is 0.271. The van der Waals surface area contributed by atoms with Gasteiger partial charge in [-0.2, -0.15) is 0 Å². The number of aryl methyl sites for hydroxylation is 1. The lowest BCUT2D eigenvalue weighted by Gasteiger charge is -2.27. The SMILES string of the molecule is Cc1ccc2nc(NC(=O)c3ccc(N4CCOCC4)nn3)sc2c1. The van der Waals surface area contributed by atoms with Crippen LogP contribution in [-0.4, -0.2) is 47.4 Å². The van der Waals surface area contributed by atoms with E-state index in [2.05, 4.69) is 31.5 Å². The summed E-state index contributed by atoms with van der Waals surface area (Å²) >= 11 is 1.45. The van der Waals surface area contributed by atoms with E-state index < -0.39 is 0 Å². The number of benzene rings is 1. The smallest absolute Gasteiger partial charge is 0.277 e. The Bertz CT molecular complexity index is 903. The summed E-state index contributed by atoms with van der Waals surface area (Å²) in [7, 11) is 0. The number of carbonyl (C=O) groups excluding carboxylic acids is 1. The molecule has 1 amide bonds. The number of amides is 1. The fourth-order valence-electron chi connectivity index (χ4n) is 2.65. The quantitative estimate of drug-likeness (QED) is 0.777. The summed E-state index contributed by atoms with van der Waals surface area (Å²) in [6.07, 6.45) is 0. The Labute approximate surface area is 148 Å². The average molecular weight is 355 g/mol. The van der Waals surface area contributed by atoms with Gasteiger partial charge in [0.25, 0.3) is 5.91 Å². The first-order chi connectivity index (χ1) is 12.2. The zero-order chi connectivity index (χ0) is 17.2. The molecule has 0 aliphatic carbocycles. The highest BCUT2D eigenvalue weighted by Gasteiger charge is 2.15. The molecule has 128 valence electrons. The molecule has 1 aliphatic rings. The summed E-state index contributed by atoms with van der Waals surface area (Å²) in [6, 6.07) is 9.51. The van der Waals surface area contributed by atoms with Crippen molar-refractivity contribution in [1.29, 1.82) is 0 Å². The largest absolute Gasteiger partial charge is 0.378 e. The molecule has 0 bridgehead atoms. The Hall–Kier alpha value is -2.58. The Morgan fingerprint density at radius 3 is 2.80 bits per heavy atom. The third-order valence-electron chi connectivity index (χ3n) is 3.98. The molecule has 1 aromatic carbocycles. The number of rotatable bonds is 3. The molecule has 3 aromatic rings. The first-order valence-corrected chi connectivity index (χ1v) is 8.86. The number of hydrogen-bond donors (Lipinski definition) is 1. The van der Waals surface area contributed by atoms with Crippen LogP contribution in [0.1, 0.15) is 16.1 Å². The van der Waals surface area contributed by atoms with Crippen LogP contribution < -0.4 is 10.2 Å².